The summed E-state index contributed by atoms with van der Waals surface area (Å²) in [6.07, 6.45) is 10.6. The van der Waals surface area contributed by atoms with Gasteiger partial charge in [-0.05, 0) is 55.7 Å². The zero-order valence-corrected chi connectivity index (χ0v) is 19.9. The first-order valence-corrected chi connectivity index (χ1v) is 12.7. The van der Waals surface area contributed by atoms with Crippen LogP contribution in [0.3, 0.4) is 0 Å². The quantitative estimate of drug-likeness (QED) is 0.550. The van der Waals surface area contributed by atoms with E-state index in [1.807, 2.05) is 30.0 Å². The summed E-state index contributed by atoms with van der Waals surface area (Å²) in [6.45, 7) is 5.55. The number of likely N-dealkylation sites (tertiary alicyclic amines) is 1. The fourth-order valence-electron chi connectivity index (χ4n) is 5.27. The molecular formula is C27H42N2O3. The van der Waals surface area contributed by atoms with Gasteiger partial charge in [-0.25, -0.2) is 0 Å². The first-order chi connectivity index (χ1) is 15.5. The Bertz CT molecular complexity index is 791. The highest BCUT2D eigenvalue weighted by molar-refractivity contribution is 5.98. The second-order valence-electron chi connectivity index (χ2n) is 9.58. The van der Waals surface area contributed by atoms with E-state index in [1.54, 1.807) is 0 Å². The maximum Gasteiger partial charge on any atom is 0.251 e. The summed E-state index contributed by atoms with van der Waals surface area (Å²) in [4.78, 5) is 40.2. The molecule has 3 rings (SSSR count). The van der Waals surface area contributed by atoms with Crippen molar-refractivity contribution in [1.82, 2.24) is 10.2 Å². The first-order valence-electron chi connectivity index (χ1n) is 12.7. The Morgan fingerprint density at radius 2 is 1.88 bits per heavy atom. The average molecular weight is 443 g/mol. The molecule has 1 saturated heterocycles. The maximum absolute atomic E-state index is 13.1. The number of nitrogens with one attached hydrogen (secondary N) is 1. The van der Waals surface area contributed by atoms with Gasteiger partial charge in [0.05, 0.1) is 6.04 Å². The monoisotopic (exact) mass is 442 g/mol. The number of ketones is 1. The van der Waals surface area contributed by atoms with Gasteiger partial charge in [-0.2, -0.15) is 0 Å². The van der Waals surface area contributed by atoms with Crippen LogP contribution in [0.1, 0.15) is 108 Å². The van der Waals surface area contributed by atoms with Crippen LogP contribution in [0.2, 0.25) is 0 Å². The van der Waals surface area contributed by atoms with Crippen LogP contribution in [0.25, 0.3) is 0 Å². The lowest BCUT2D eigenvalue weighted by atomic mass is 9.81. The number of hydrogen-bond donors (Lipinski definition) is 1. The summed E-state index contributed by atoms with van der Waals surface area (Å²) in [5.41, 5.74) is 1.73. The third-order valence-electron chi connectivity index (χ3n) is 7.24. The molecule has 0 radical (unpaired) electrons. The third-order valence-corrected chi connectivity index (χ3v) is 7.24. The van der Waals surface area contributed by atoms with E-state index in [0.29, 0.717) is 18.4 Å². The van der Waals surface area contributed by atoms with E-state index >= 15 is 0 Å². The molecule has 0 bridgehead atoms. The number of Topliss-reactive ketones (excluding diaryl/α,β-unsaturated/α-hetero) is 1. The lowest BCUT2D eigenvalue weighted by molar-refractivity contribution is -0.132. The molecule has 1 aliphatic carbocycles. The lowest BCUT2D eigenvalue weighted by Crippen LogP contribution is -2.46. The number of carbonyl (C=O) groups is 3. The van der Waals surface area contributed by atoms with Gasteiger partial charge in [-0.15, -0.1) is 0 Å². The maximum atomic E-state index is 13.1. The molecule has 2 amide bonds. The van der Waals surface area contributed by atoms with Crippen molar-refractivity contribution in [2.75, 3.05) is 13.1 Å². The summed E-state index contributed by atoms with van der Waals surface area (Å²) in [6, 6.07) is 7.42. The van der Waals surface area contributed by atoms with Crippen molar-refractivity contribution in [2.24, 2.45) is 5.92 Å². The number of amides is 2. The van der Waals surface area contributed by atoms with Crippen LogP contribution in [-0.4, -0.2) is 41.6 Å². The van der Waals surface area contributed by atoms with Crippen LogP contribution in [0.5, 0.6) is 0 Å². The number of rotatable bonds is 9. The van der Waals surface area contributed by atoms with E-state index in [-0.39, 0.29) is 36.9 Å². The van der Waals surface area contributed by atoms with Crippen LogP contribution >= 0.6 is 0 Å². The SMILES string of the molecule is CCCCC(=O)N1CCC[C@@H](c2cccc(C(=O)N[C@@H](C(=O)CC)C3CCCCC3)c2)C1.[HH]. The number of hydrogen-bond acceptors (Lipinski definition) is 3. The standard InChI is InChI=1S/C27H40N2O3.H2/c1-3-5-16-25(31)29-17-10-15-23(19-29)21-13-9-14-22(18-21)27(32)28-26(24(30)4-2)20-11-7-6-8-12-20;/h9,13-14,18,20,23,26H,3-8,10-12,15-17,19H2,1-2H3,(H,28,32);1H/t23-,26-;/m1./s1. The highest BCUT2D eigenvalue weighted by atomic mass is 16.2. The zero-order valence-electron chi connectivity index (χ0n) is 19.9. The smallest absolute Gasteiger partial charge is 0.251 e. The van der Waals surface area contributed by atoms with Gasteiger partial charge >= 0.3 is 0 Å². The Hall–Kier alpha value is -2.17. The highest BCUT2D eigenvalue weighted by Crippen LogP contribution is 2.29. The Kier molecular flexibility index (Phi) is 9.31. The van der Waals surface area contributed by atoms with E-state index in [4.69, 9.17) is 0 Å². The molecule has 1 heterocycles. The van der Waals surface area contributed by atoms with Crippen molar-refractivity contribution in [1.29, 1.82) is 0 Å². The van der Waals surface area contributed by atoms with Crippen LogP contribution in [-0.2, 0) is 9.59 Å². The topological polar surface area (TPSA) is 66.5 Å². The number of carbonyl (C=O) groups excluding carboxylic acids is 3. The van der Waals surface area contributed by atoms with Crippen molar-refractivity contribution < 1.29 is 15.8 Å². The fraction of sp³-hybridized carbons (Fsp3) is 0.667. The Balaban J connectivity index is 0.00000385. The molecule has 2 atom stereocenters. The second-order valence-corrected chi connectivity index (χ2v) is 9.58. The Labute approximate surface area is 194 Å². The first kappa shape index (κ1) is 24.5. The molecule has 5 heteroatoms. The van der Waals surface area contributed by atoms with Crippen LogP contribution in [0.4, 0.5) is 0 Å². The molecule has 0 aromatic heterocycles. The molecule has 178 valence electrons. The molecule has 2 aliphatic rings. The highest BCUT2D eigenvalue weighted by Gasteiger charge is 2.30. The van der Waals surface area contributed by atoms with Gasteiger partial charge in [0, 0.05) is 38.8 Å². The van der Waals surface area contributed by atoms with Gasteiger partial charge in [0.1, 0.15) is 0 Å². The molecule has 1 N–H and O–H groups in total. The number of piperidine rings is 1. The molecular weight excluding hydrogens is 400 g/mol. The van der Waals surface area contributed by atoms with Crippen molar-refractivity contribution in [3.8, 4) is 0 Å². The molecule has 0 spiro atoms. The van der Waals surface area contributed by atoms with Gasteiger partial charge in [0.25, 0.3) is 5.91 Å². The van der Waals surface area contributed by atoms with Gasteiger partial charge < -0.3 is 10.2 Å². The summed E-state index contributed by atoms with van der Waals surface area (Å²) >= 11 is 0. The van der Waals surface area contributed by atoms with E-state index in [2.05, 4.69) is 18.3 Å². The number of benzene rings is 1. The van der Waals surface area contributed by atoms with Crippen LogP contribution in [0.15, 0.2) is 24.3 Å². The summed E-state index contributed by atoms with van der Waals surface area (Å²) in [7, 11) is 0. The predicted octanol–water partition coefficient (Wildman–Crippen LogP) is 5.49. The van der Waals surface area contributed by atoms with E-state index < -0.39 is 0 Å². The molecule has 1 saturated carbocycles. The Morgan fingerprint density at radius 3 is 2.59 bits per heavy atom. The third kappa shape index (κ3) is 6.43. The lowest BCUT2D eigenvalue weighted by Gasteiger charge is -2.33. The van der Waals surface area contributed by atoms with Gasteiger partial charge in [-0.1, -0.05) is 51.7 Å². The molecule has 2 fully saturated rings. The number of unbranched alkanes of at least 4 members (excludes halogenated alkanes) is 1. The molecule has 1 aliphatic heterocycles. The average Bonchev–Trinajstić information content (AvgIpc) is 2.85. The van der Waals surface area contributed by atoms with Gasteiger partial charge in [-0.3, -0.25) is 14.4 Å². The summed E-state index contributed by atoms with van der Waals surface area (Å²) in [5.74, 6) is 0.738. The molecule has 5 nitrogen and oxygen atoms in total. The molecule has 1 aromatic rings. The van der Waals surface area contributed by atoms with Crippen LogP contribution < -0.4 is 5.32 Å². The molecule has 32 heavy (non-hydrogen) atoms. The van der Waals surface area contributed by atoms with Crippen molar-refractivity contribution in [3.05, 3.63) is 35.4 Å². The zero-order chi connectivity index (χ0) is 22.9. The van der Waals surface area contributed by atoms with E-state index in [9.17, 15) is 14.4 Å². The minimum atomic E-state index is -0.377. The second kappa shape index (κ2) is 12.2. The predicted molar refractivity (Wildman–Crippen MR) is 130 cm³/mol. The minimum Gasteiger partial charge on any atom is -0.342 e. The van der Waals surface area contributed by atoms with Crippen molar-refractivity contribution >= 4 is 17.6 Å². The Morgan fingerprint density at radius 1 is 1.09 bits per heavy atom. The van der Waals surface area contributed by atoms with Crippen molar-refractivity contribution in [2.45, 2.75) is 96.4 Å². The molecule has 1 aromatic carbocycles. The largest absolute Gasteiger partial charge is 0.342 e. The van der Waals surface area contributed by atoms with E-state index in [0.717, 1.165) is 70.0 Å². The molecule has 0 unspecified atom stereocenters. The minimum absolute atomic E-state index is 0. The van der Waals surface area contributed by atoms with Gasteiger partial charge in [0.2, 0.25) is 5.91 Å². The fourth-order valence-corrected chi connectivity index (χ4v) is 5.27. The van der Waals surface area contributed by atoms with E-state index in [1.165, 1.54) is 6.42 Å². The summed E-state index contributed by atoms with van der Waals surface area (Å²) < 4.78 is 0. The summed E-state index contributed by atoms with van der Waals surface area (Å²) in [5, 5.41) is 3.08. The van der Waals surface area contributed by atoms with Crippen molar-refractivity contribution in [3.63, 3.8) is 0 Å². The van der Waals surface area contributed by atoms with Crippen LogP contribution in [0, 0.1) is 5.92 Å². The van der Waals surface area contributed by atoms with Gasteiger partial charge in [0.15, 0.2) is 5.78 Å². The number of nitrogens with zero attached hydrogens (tertiary/aromatic N) is 1. The normalized spacial score (nSPS) is 20.6.